The van der Waals surface area contributed by atoms with Crippen molar-refractivity contribution in [3.8, 4) is 11.4 Å². The molecule has 5 nitrogen and oxygen atoms in total. The number of ether oxygens (including phenoxy) is 1. The van der Waals surface area contributed by atoms with Crippen molar-refractivity contribution >= 4 is 39.8 Å². The lowest BCUT2D eigenvalue weighted by atomic mass is 10.2. The predicted octanol–water partition coefficient (Wildman–Crippen LogP) is 6.57. The van der Waals surface area contributed by atoms with Crippen LogP contribution in [0.3, 0.4) is 0 Å². The highest BCUT2D eigenvalue weighted by atomic mass is 32.2. The molecule has 0 saturated carbocycles. The van der Waals surface area contributed by atoms with Gasteiger partial charge < -0.3 is 9.72 Å². The van der Waals surface area contributed by atoms with Crippen LogP contribution >= 0.6 is 11.8 Å². The lowest BCUT2D eigenvalue weighted by molar-refractivity contribution is -0.274. The van der Waals surface area contributed by atoms with Gasteiger partial charge in [-0.3, -0.25) is 9.36 Å². The van der Waals surface area contributed by atoms with E-state index in [1.807, 2.05) is 66.7 Å². The van der Waals surface area contributed by atoms with Crippen molar-refractivity contribution in [3.63, 3.8) is 0 Å². The fourth-order valence-corrected chi connectivity index (χ4v) is 4.55. The molecule has 2 heterocycles. The second-order valence-corrected chi connectivity index (χ2v) is 8.58. The van der Waals surface area contributed by atoms with Crippen LogP contribution in [-0.4, -0.2) is 26.7 Å². The van der Waals surface area contributed by atoms with E-state index in [9.17, 15) is 18.0 Å². The first-order valence-corrected chi connectivity index (χ1v) is 11.6. The summed E-state index contributed by atoms with van der Waals surface area (Å²) in [6, 6.07) is 22.4. The van der Waals surface area contributed by atoms with Crippen LogP contribution in [0.4, 0.5) is 13.2 Å². The number of alkyl halides is 3. The van der Waals surface area contributed by atoms with E-state index < -0.39 is 6.36 Å². The minimum absolute atomic E-state index is 0.325. The molecule has 0 saturated heterocycles. The van der Waals surface area contributed by atoms with Crippen molar-refractivity contribution < 1.29 is 17.9 Å². The zero-order valence-corrected chi connectivity index (χ0v) is 18.9. The van der Waals surface area contributed by atoms with Gasteiger partial charge in [-0.25, -0.2) is 4.98 Å². The topological polar surface area (TPSA) is 59.9 Å². The molecule has 0 unspecified atom stereocenters. The van der Waals surface area contributed by atoms with Gasteiger partial charge in [0.05, 0.1) is 5.69 Å². The van der Waals surface area contributed by atoms with Crippen LogP contribution in [0.2, 0.25) is 0 Å². The number of nitrogens with zero attached hydrogens (tertiary/aromatic N) is 2. The van der Waals surface area contributed by atoms with Crippen molar-refractivity contribution in [3.05, 3.63) is 101 Å². The maximum absolute atomic E-state index is 13.5. The average molecular weight is 494 g/mol. The van der Waals surface area contributed by atoms with Gasteiger partial charge in [-0.05, 0) is 35.9 Å². The molecule has 0 aliphatic heterocycles. The zero-order chi connectivity index (χ0) is 24.4. The van der Waals surface area contributed by atoms with Gasteiger partial charge in [0.1, 0.15) is 16.8 Å². The third-order valence-corrected chi connectivity index (χ3v) is 6.13. The Labute approximate surface area is 201 Å². The standard InChI is InChI=1S/C26H18F3N3O2S/c27-26(28,29)34-19-14-12-18(13-15-19)32-24(33)23-22(20-10-4-5-11-21(20)30-23)31-25(32)35-16-6-9-17-7-2-1-3-8-17/h1-15,30H,16H2. The molecule has 3 aromatic carbocycles. The number of aromatic amines is 1. The Kier molecular flexibility index (Phi) is 6.08. The molecule has 0 bridgehead atoms. The highest BCUT2D eigenvalue weighted by molar-refractivity contribution is 7.99. The molecule has 0 atom stereocenters. The Morgan fingerprint density at radius 2 is 1.69 bits per heavy atom. The number of para-hydroxylation sites is 1. The molecule has 0 amide bonds. The summed E-state index contributed by atoms with van der Waals surface area (Å²) >= 11 is 1.36. The van der Waals surface area contributed by atoms with E-state index in [4.69, 9.17) is 4.98 Å². The number of fused-ring (bicyclic) bond motifs is 3. The van der Waals surface area contributed by atoms with Gasteiger partial charge in [-0.1, -0.05) is 72.4 Å². The van der Waals surface area contributed by atoms with E-state index in [-0.39, 0.29) is 11.3 Å². The van der Waals surface area contributed by atoms with Gasteiger partial charge in [0.25, 0.3) is 5.56 Å². The number of hydrogen-bond acceptors (Lipinski definition) is 4. The van der Waals surface area contributed by atoms with Gasteiger partial charge in [-0.2, -0.15) is 0 Å². The van der Waals surface area contributed by atoms with Gasteiger partial charge in [0.15, 0.2) is 5.16 Å². The summed E-state index contributed by atoms with van der Waals surface area (Å²) in [6.07, 6.45) is -0.853. The second-order valence-electron chi connectivity index (χ2n) is 7.59. The highest BCUT2D eigenvalue weighted by Gasteiger charge is 2.31. The molecule has 0 fully saturated rings. The molecule has 5 rings (SSSR count). The number of rotatable bonds is 6. The molecule has 1 N–H and O–H groups in total. The van der Waals surface area contributed by atoms with Gasteiger partial charge >= 0.3 is 6.36 Å². The lowest BCUT2D eigenvalue weighted by Gasteiger charge is -2.13. The molecule has 0 radical (unpaired) electrons. The van der Waals surface area contributed by atoms with Crippen LogP contribution < -0.4 is 10.3 Å². The van der Waals surface area contributed by atoms with Gasteiger partial charge in [-0.15, -0.1) is 13.2 Å². The number of nitrogens with one attached hydrogen (secondary N) is 1. The Bertz CT molecular complexity index is 1570. The quantitative estimate of drug-likeness (QED) is 0.215. The first kappa shape index (κ1) is 22.8. The molecule has 0 spiro atoms. The summed E-state index contributed by atoms with van der Waals surface area (Å²) in [5.41, 5.74) is 2.74. The number of H-pyrrole nitrogens is 1. The van der Waals surface area contributed by atoms with E-state index in [0.29, 0.717) is 27.6 Å². The maximum atomic E-state index is 13.5. The molecule has 176 valence electrons. The monoisotopic (exact) mass is 493 g/mol. The first-order chi connectivity index (χ1) is 16.9. The number of aromatic nitrogens is 3. The number of benzene rings is 3. The normalized spacial score (nSPS) is 12.1. The van der Waals surface area contributed by atoms with Gasteiger partial charge in [0, 0.05) is 16.7 Å². The zero-order valence-electron chi connectivity index (χ0n) is 18.1. The van der Waals surface area contributed by atoms with Crippen molar-refractivity contribution in [2.45, 2.75) is 11.5 Å². The number of halogens is 3. The maximum Gasteiger partial charge on any atom is 0.573 e. The van der Waals surface area contributed by atoms with Crippen molar-refractivity contribution in [1.29, 1.82) is 0 Å². The van der Waals surface area contributed by atoms with Crippen LogP contribution in [0.5, 0.6) is 5.75 Å². The fourth-order valence-electron chi connectivity index (χ4n) is 3.73. The molecule has 0 aliphatic carbocycles. The summed E-state index contributed by atoms with van der Waals surface area (Å²) in [5, 5.41) is 1.25. The SMILES string of the molecule is O=c1c2[nH]c3ccccc3c2nc(SCC=Cc2ccccc2)n1-c1ccc(OC(F)(F)F)cc1. The summed E-state index contributed by atoms with van der Waals surface area (Å²) < 4.78 is 43.0. The summed E-state index contributed by atoms with van der Waals surface area (Å²) in [5.74, 6) is 0.165. The van der Waals surface area contributed by atoms with Crippen LogP contribution in [0.25, 0.3) is 33.7 Å². The smallest absolute Gasteiger partial charge is 0.406 e. The van der Waals surface area contributed by atoms with E-state index >= 15 is 0 Å². The van der Waals surface area contributed by atoms with E-state index in [0.717, 1.165) is 16.5 Å². The largest absolute Gasteiger partial charge is 0.573 e. The lowest BCUT2D eigenvalue weighted by Crippen LogP contribution is -2.22. The average Bonchev–Trinajstić information content (AvgIpc) is 3.22. The molecular weight excluding hydrogens is 475 g/mol. The fraction of sp³-hybridized carbons (Fsp3) is 0.0769. The van der Waals surface area contributed by atoms with Crippen LogP contribution in [-0.2, 0) is 0 Å². The molecule has 2 aromatic heterocycles. The van der Waals surface area contributed by atoms with Gasteiger partial charge in [0.2, 0.25) is 0 Å². The van der Waals surface area contributed by atoms with E-state index in [2.05, 4.69) is 9.72 Å². The third-order valence-electron chi connectivity index (χ3n) is 5.24. The Morgan fingerprint density at radius 1 is 0.971 bits per heavy atom. The number of hydrogen-bond donors (Lipinski definition) is 1. The minimum atomic E-state index is -4.80. The molecule has 0 aliphatic rings. The van der Waals surface area contributed by atoms with Crippen molar-refractivity contribution in [2.75, 3.05) is 5.75 Å². The van der Waals surface area contributed by atoms with Crippen LogP contribution in [0.1, 0.15) is 5.56 Å². The minimum Gasteiger partial charge on any atom is -0.406 e. The summed E-state index contributed by atoms with van der Waals surface area (Å²) in [6.45, 7) is 0. The molecule has 5 aromatic rings. The molecular formula is C26H18F3N3O2S. The molecule has 9 heteroatoms. The Balaban J connectivity index is 1.56. The Morgan fingerprint density at radius 3 is 2.43 bits per heavy atom. The Hall–Kier alpha value is -3.98. The summed E-state index contributed by atoms with van der Waals surface area (Å²) in [7, 11) is 0. The highest BCUT2D eigenvalue weighted by Crippen LogP contribution is 2.28. The van der Waals surface area contributed by atoms with E-state index in [1.165, 1.54) is 40.6 Å². The van der Waals surface area contributed by atoms with Crippen molar-refractivity contribution in [2.24, 2.45) is 0 Å². The summed E-state index contributed by atoms with van der Waals surface area (Å²) in [4.78, 5) is 21.4. The number of thioether (sulfide) groups is 1. The van der Waals surface area contributed by atoms with Crippen LogP contribution in [0.15, 0.2) is 94.9 Å². The van der Waals surface area contributed by atoms with Crippen LogP contribution in [0, 0.1) is 0 Å². The van der Waals surface area contributed by atoms with E-state index in [1.54, 1.807) is 0 Å². The predicted molar refractivity (Wildman–Crippen MR) is 132 cm³/mol. The third kappa shape index (κ3) is 4.95. The molecule has 35 heavy (non-hydrogen) atoms. The van der Waals surface area contributed by atoms with Crippen molar-refractivity contribution in [1.82, 2.24) is 14.5 Å². The second kappa shape index (κ2) is 9.34. The first-order valence-electron chi connectivity index (χ1n) is 10.6.